The molecule has 1 amide bonds. The van der Waals surface area contributed by atoms with Gasteiger partial charge in [0.2, 0.25) is 0 Å². The topological polar surface area (TPSA) is 59.5 Å². The fourth-order valence-electron chi connectivity index (χ4n) is 1.98. The minimum atomic E-state index is -0.439. The van der Waals surface area contributed by atoms with Crippen molar-refractivity contribution < 1.29 is 14.3 Å². The number of amides is 1. The van der Waals surface area contributed by atoms with E-state index < -0.39 is 5.97 Å². The number of rotatable bonds is 7. The Hall–Kier alpha value is -1.62. The summed E-state index contributed by atoms with van der Waals surface area (Å²) in [6.07, 6.45) is 2.43. The molecule has 0 aliphatic rings. The van der Waals surface area contributed by atoms with Crippen molar-refractivity contribution >= 4 is 23.5 Å². The summed E-state index contributed by atoms with van der Waals surface area (Å²) in [5.41, 5.74) is 1.23. The van der Waals surface area contributed by atoms with Gasteiger partial charge >= 0.3 is 5.97 Å². The predicted octanol–water partition coefficient (Wildman–Crippen LogP) is 2.71. The summed E-state index contributed by atoms with van der Waals surface area (Å²) < 4.78 is 4.63. The van der Waals surface area contributed by atoms with Crippen molar-refractivity contribution in [3.63, 3.8) is 0 Å². The second kappa shape index (κ2) is 8.62. The van der Waals surface area contributed by atoms with Gasteiger partial charge in [-0.15, -0.1) is 0 Å². The first-order valence-electron chi connectivity index (χ1n) is 7.04. The highest BCUT2D eigenvalue weighted by molar-refractivity contribution is 6.29. The molecule has 1 aromatic rings. The average Bonchev–Trinajstić information content (AvgIpc) is 2.45. The van der Waals surface area contributed by atoms with Crippen LogP contribution in [0.1, 0.15) is 42.7 Å². The number of esters is 1. The van der Waals surface area contributed by atoms with Crippen LogP contribution < -0.4 is 0 Å². The zero-order valence-electron chi connectivity index (χ0n) is 12.7. The number of hydrogen-bond donors (Lipinski definition) is 0. The van der Waals surface area contributed by atoms with Crippen molar-refractivity contribution in [3.05, 3.63) is 28.5 Å². The van der Waals surface area contributed by atoms with E-state index in [-0.39, 0.29) is 12.5 Å². The molecule has 0 spiro atoms. The third-order valence-corrected chi connectivity index (χ3v) is 3.12. The molecule has 0 bridgehead atoms. The largest absolute Gasteiger partial charge is 0.468 e. The Labute approximate surface area is 130 Å². The van der Waals surface area contributed by atoms with Gasteiger partial charge in [0, 0.05) is 17.8 Å². The first-order valence-corrected chi connectivity index (χ1v) is 7.42. The lowest BCUT2D eigenvalue weighted by Gasteiger charge is -2.21. The van der Waals surface area contributed by atoms with Crippen molar-refractivity contribution in [1.82, 2.24) is 9.88 Å². The lowest BCUT2D eigenvalue weighted by molar-refractivity contribution is -0.141. The van der Waals surface area contributed by atoms with Gasteiger partial charge in [0.1, 0.15) is 11.7 Å². The molecule has 0 aliphatic carbocycles. The molecule has 0 unspecified atom stereocenters. The van der Waals surface area contributed by atoms with E-state index in [4.69, 9.17) is 11.6 Å². The summed E-state index contributed by atoms with van der Waals surface area (Å²) in [5, 5.41) is 0.291. The summed E-state index contributed by atoms with van der Waals surface area (Å²) in [6.45, 7) is 4.40. The maximum absolute atomic E-state index is 12.5. The lowest BCUT2D eigenvalue weighted by Crippen LogP contribution is -2.36. The van der Waals surface area contributed by atoms with Gasteiger partial charge in [0.25, 0.3) is 5.91 Å². The minimum absolute atomic E-state index is 0.0633. The van der Waals surface area contributed by atoms with Crippen LogP contribution in [0.15, 0.2) is 12.1 Å². The molecule has 6 heteroatoms. The molecular weight excluding hydrogens is 292 g/mol. The van der Waals surface area contributed by atoms with E-state index in [2.05, 4.69) is 9.72 Å². The first kappa shape index (κ1) is 17.4. The second-order valence-corrected chi connectivity index (χ2v) is 5.11. The summed E-state index contributed by atoms with van der Waals surface area (Å²) in [7, 11) is 1.31. The Kier molecular flexibility index (Phi) is 7.15. The van der Waals surface area contributed by atoms with Crippen LogP contribution in [0.4, 0.5) is 0 Å². The molecule has 1 heterocycles. The molecule has 0 saturated heterocycles. The average molecular weight is 313 g/mol. The molecule has 1 rings (SSSR count). The SMILES string of the molecule is CCCc1cc(C(=O)N(CCC)CC(=O)OC)cc(Cl)n1. The molecule has 21 heavy (non-hydrogen) atoms. The van der Waals surface area contributed by atoms with Crippen LogP contribution in [0.2, 0.25) is 5.15 Å². The molecule has 5 nitrogen and oxygen atoms in total. The van der Waals surface area contributed by atoms with E-state index in [0.29, 0.717) is 17.3 Å². The van der Waals surface area contributed by atoms with Crippen molar-refractivity contribution in [1.29, 1.82) is 0 Å². The minimum Gasteiger partial charge on any atom is -0.468 e. The molecule has 0 atom stereocenters. The predicted molar refractivity (Wildman–Crippen MR) is 81.5 cm³/mol. The number of hydrogen-bond acceptors (Lipinski definition) is 4. The summed E-state index contributed by atoms with van der Waals surface area (Å²) in [6, 6.07) is 3.26. The van der Waals surface area contributed by atoms with E-state index in [1.807, 2.05) is 13.8 Å². The highest BCUT2D eigenvalue weighted by Gasteiger charge is 2.19. The molecule has 116 valence electrons. The first-order chi connectivity index (χ1) is 10.0. The molecule has 0 aliphatic heterocycles. The maximum atomic E-state index is 12.5. The number of methoxy groups -OCH3 is 1. The lowest BCUT2D eigenvalue weighted by atomic mass is 10.1. The number of aromatic nitrogens is 1. The van der Waals surface area contributed by atoms with E-state index in [1.165, 1.54) is 18.1 Å². The number of ether oxygens (including phenoxy) is 1. The Morgan fingerprint density at radius 2 is 2.00 bits per heavy atom. The van der Waals surface area contributed by atoms with Gasteiger partial charge in [-0.25, -0.2) is 4.98 Å². The Morgan fingerprint density at radius 1 is 1.29 bits per heavy atom. The third-order valence-electron chi connectivity index (χ3n) is 2.93. The maximum Gasteiger partial charge on any atom is 0.325 e. The number of carbonyl (C=O) groups excluding carboxylic acids is 2. The van der Waals surface area contributed by atoms with Crippen LogP contribution in [-0.4, -0.2) is 42.0 Å². The molecule has 1 aromatic heterocycles. The van der Waals surface area contributed by atoms with Crippen LogP contribution in [0, 0.1) is 0 Å². The van der Waals surface area contributed by atoms with Crippen LogP contribution in [0.3, 0.4) is 0 Å². The standard InChI is InChI=1S/C15H21ClN2O3/c1-4-6-12-8-11(9-13(16)17-12)15(20)18(7-5-2)10-14(19)21-3/h8-9H,4-7,10H2,1-3H3. The number of pyridine rings is 1. The van der Waals surface area contributed by atoms with Gasteiger partial charge in [-0.2, -0.15) is 0 Å². The number of nitrogens with zero attached hydrogens (tertiary/aromatic N) is 2. The highest BCUT2D eigenvalue weighted by atomic mass is 35.5. The molecule has 0 radical (unpaired) electrons. The summed E-state index contributed by atoms with van der Waals surface area (Å²) in [5.74, 6) is -0.672. The van der Waals surface area contributed by atoms with E-state index in [9.17, 15) is 9.59 Å². The van der Waals surface area contributed by atoms with Gasteiger partial charge in [-0.3, -0.25) is 9.59 Å². The monoisotopic (exact) mass is 312 g/mol. The van der Waals surface area contributed by atoms with E-state index >= 15 is 0 Å². The number of halogens is 1. The van der Waals surface area contributed by atoms with Crippen molar-refractivity contribution in [2.45, 2.75) is 33.1 Å². The Bertz CT molecular complexity index is 506. The fourth-order valence-corrected chi connectivity index (χ4v) is 2.21. The van der Waals surface area contributed by atoms with Crippen LogP contribution in [0.5, 0.6) is 0 Å². The zero-order chi connectivity index (χ0) is 15.8. The highest BCUT2D eigenvalue weighted by Crippen LogP contribution is 2.15. The quantitative estimate of drug-likeness (QED) is 0.574. The molecule has 0 aromatic carbocycles. The second-order valence-electron chi connectivity index (χ2n) is 4.72. The van der Waals surface area contributed by atoms with Crippen LogP contribution >= 0.6 is 11.6 Å². The fraction of sp³-hybridized carbons (Fsp3) is 0.533. The normalized spacial score (nSPS) is 10.3. The zero-order valence-corrected chi connectivity index (χ0v) is 13.4. The molecule has 0 saturated carbocycles. The third kappa shape index (κ3) is 5.34. The van der Waals surface area contributed by atoms with E-state index in [1.54, 1.807) is 6.07 Å². The van der Waals surface area contributed by atoms with E-state index in [0.717, 1.165) is 25.0 Å². The molecule has 0 N–H and O–H groups in total. The Morgan fingerprint density at radius 3 is 2.57 bits per heavy atom. The van der Waals surface area contributed by atoms with Crippen LogP contribution in [0.25, 0.3) is 0 Å². The van der Waals surface area contributed by atoms with Gasteiger partial charge in [-0.1, -0.05) is 31.9 Å². The van der Waals surface area contributed by atoms with Gasteiger partial charge in [0.15, 0.2) is 0 Å². The smallest absolute Gasteiger partial charge is 0.325 e. The van der Waals surface area contributed by atoms with Gasteiger partial charge in [-0.05, 0) is 25.0 Å². The van der Waals surface area contributed by atoms with Crippen LogP contribution in [-0.2, 0) is 16.0 Å². The number of aryl methyl sites for hydroxylation is 1. The van der Waals surface area contributed by atoms with Crippen molar-refractivity contribution in [2.24, 2.45) is 0 Å². The van der Waals surface area contributed by atoms with Gasteiger partial charge < -0.3 is 9.64 Å². The summed E-state index contributed by atoms with van der Waals surface area (Å²) >= 11 is 5.97. The molecule has 0 fully saturated rings. The molecular formula is C15H21ClN2O3. The van der Waals surface area contributed by atoms with Gasteiger partial charge in [0.05, 0.1) is 7.11 Å². The summed E-state index contributed by atoms with van der Waals surface area (Å²) in [4.78, 5) is 29.6. The Balaban J connectivity index is 2.99. The van der Waals surface area contributed by atoms with Crippen molar-refractivity contribution in [2.75, 3.05) is 20.2 Å². The number of carbonyl (C=O) groups is 2. The van der Waals surface area contributed by atoms with Crippen molar-refractivity contribution in [3.8, 4) is 0 Å².